The summed E-state index contributed by atoms with van der Waals surface area (Å²) in [6.07, 6.45) is -3.26. The normalized spacial score (nSPS) is 16.3. The largest absolute Gasteiger partial charge is 0.480 e. The molecule has 1 aliphatic heterocycles. The summed E-state index contributed by atoms with van der Waals surface area (Å²) in [6.45, 7) is 7.81. The number of rotatable bonds is 7. The van der Waals surface area contributed by atoms with Gasteiger partial charge in [-0.25, -0.2) is 4.79 Å². The molecular formula is C19H30F4N2O3. The Bertz CT molecular complexity index is 716. The Morgan fingerprint density at radius 1 is 1.32 bits per heavy atom. The molecule has 1 aromatic rings. The van der Waals surface area contributed by atoms with E-state index in [0.29, 0.717) is 25.7 Å². The zero-order valence-corrected chi connectivity index (χ0v) is 16.6. The molecule has 0 amide bonds. The fourth-order valence-corrected chi connectivity index (χ4v) is 3.37. The lowest BCUT2D eigenvalue weighted by Crippen LogP contribution is -2.46. The van der Waals surface area contributed by atoms with E-state index in [2.05, 4.69) is 6.92 Å². The highest BCUT2D eigenvalue weighted by Crippen LogP contribution is 2.32. The summed E-state index contributed by atoms with van der Waals surface area (Å²) in [4.78, 5) is 25.8. The van der Waals surface area contributed by atoms with Crippen molar-refractivity contribution in [1.82, 2.24) is 9.47 Å². The predicted octanol–water partition coefficient (Wildman–Crippen LogP) is 3.86. The summed E-state index contributed by atoms with van der Waals surface area (Å²) in [7, 11) is 0.500. The highest BCUT2D eigenvalue weighted by Gasteiger charge is 2.35. The molecule has 2 heterocycles. The van der Waals surface area contributed by atoms with Gasteiger partial charge in [0.05, 0.1) is 12.7 Å². The molecule has 1 aromatic heterocycles. The van der Waals surface area contributed by atoms with E-state index in [4.69, 9.17) is 0 Å². The molecule has 0 saturated carbocycles. The van der Waals surface area contributed by atoms with Crippen LogP contribution in [0.4, 0.5) is 17.6 Å². The minimum atomic E-state index is -4.65. The average Bonchev–Trinajstić information content (AvgIpc) is 2.57. The van der Waals surface area contributed by atoms with E-state index in [0.717, 1.165) is 23.9 Å². The molecule has 1 N–H and O–H groups in total. The first-order valence-corrected chi connectivity index (χ1v) is 9.14. The van der Waals surface area contributed by atoms with Gasteiger partial charge in [-0.2, -0.15) is 13.2 Å². The Morgan fingerprint density at radius 2 is 1.89 bits per heavy atom. The molecule has 1 atom stereocenters. The molecule has 1 unspecified atom stereocenters. The van der Waals surface area contributed by atoms with Crippen molar-refractivity contribution in [2.75, 3.05) is 26.8 Å². The molecule has 2 rings (SSSR count). The van der Waals surface area contributed by atoms with Crippen LogP contribution in [0.2, 0.25) is 0 Å². The molecular weight excluding hydrogens is 380 g/mol. The number of hydrogen-bond donors (Lipinski definition) is 1. The topological polar surface area (TPSA) is 62.5 Å². The minimum absolute atomic E-state index is 0. The third kappa shape index (κ3) is 6.32. The first-order valence-electron chi connectivity index (χ1n) is 9.14. The highest BCUT2D eigenvalue weighted by molar-refractivity contribution is 5.71. The van der Waals surface area contributed by atoms with Gasteiger partial charge in [0.1, 0.15) is 6.04 Å². The van der Waals surface area contributed by atoms with Gasteiger partial charge in [-0.1, -0.05) is 20.8 Å². The van der Waals surface area contributed by atoms with Crippen molar-refractivity contribution in [2.24, 2.45) is 11.8 Å². The lowest BCUT2D eigenvalue weighted by atomic mass is 9.99. The molecule has 28 heavy (non-hydrogen) atoms. The number of aromatic nitrogens is 1. The zero-order valence-electron chi connectivity index (χ0n) is 16.6. The molecule has 1 fully saturated rings. The van der Waals surface area contributed by atoms with E-state index in [9.17, 15) is 32.3 Å². The molecule has 1 aliphatic rings. The van der Waals surface area contributed by atoms with Gasteiger partial charge in [-0.15, -0.1) is 0 Å². The third-order valence-electron chi connectivity index (χ3n) is 4.62. The van der Waals surface area contributed by atoms with Gasteiger partial charge in [0, 0.05) is 33.3 Å². The SMILES string of the molecule is CC(C)CC(C(=O)O)n1cc(CCN2CC(C)C2)c(C(F)(F)F)cc1=O.CF.[HH]. The molecule has 0 radical (unpaired) electrons. The Labute approximate surface area is 163 Å². The number of hydrogen-bond acceptors (Lipinski definition) is 3. The second-order valence-corrected chi connectivity index (χ2v) is 7.55. The fourth-order valence-electron chi connectivity index (χ4n) is 3.37. The van der Waals surface area contributed by atoms with Crippen LogP contribution in [0.1, 0.15) is 45.8 Å². The summed E-state index contributed by atoms with van der Waals surface area (Å²) in [5, 5.41) is 9.42. The van der Waals surface area contributed by atoms with Gasteiger partial charge in [0.15, 0.2) is 0 Å². The zero-order chi connectivity index (χ0) is 21.6. The van der Waals surface area contributed by atoms with Crippen molar-refractivity contribution in [3.8, 4) is 0 Å². The maximum absolute atomic E-state index is 13.3. The van der Waals surface area contributed by atoms with E-state index in [1.54, 1.807) is 13.8 Å². The quantitative estimate of drug-likeness (QED) is 0.694. The van der Waals surface area contributed by atoms with Crippen molar-refractivity contribution in [2.45, 2.75) is 45.8 Å². The molecule has 1 saturated heterocycles. The average molecular weight is 410 g/mol. The van der Waals surface area contributed by atoms with Crippen molar-refractivity contribution in [3.05, 3.63) is 33.7 Å². The summed E-state index contributed by atoms with van der Waals surface area (Å²) in [5.41, 5.74) is -1.95. The number of nitrogens with zero attached hydrogens (tertiary/aromatic N) is 2. The third-order valence-corrected chi connectivity index (χ3v) is 4.62. The van der Waals surface area contributed by atoms with Crippen molar-refractivity contribution in [3.63, 3.8) is 0 Å². The van der Waals surface area contributed by atoms with Crippen LogP contribution in [0.25, 0.3) is 0 Å². The van der Waals surface area contributed by atoms with Gasteiger partial charge >= 0.3 is 12.1 Å². The van der Waals surface area contributed by atoms with Crippen LogP contribution < -0.4 is 5.56 Å². The Morgan fingerprint density at radius 3 is 2.32 bits per heavy atom. The molecule has 0 aliphatic carbocycles. The van der Waals surface area contributed by atoms with Gasteiger partial charge in [0.25, 0.3) is 5.56 Å². The molecule has 9 heteroatoms. The standard InChI is InChI=1S/C18H25F3N2O3.CH3F.H2/c1-11(2)6-15(17(25)26)23-10-13(4-5-22-8-12(3)9-22)14(7-16(23)24)18(19,20)21;1-2;/h7,10-12,15H,4-6,8-9H2,1-3H3,(H,25,26);1H3;1H. The highest BCUT2D eigenvalue weighted by atomic mass is 19.4. The van der Waals surface area contributed by atoms with Crippen LogP contribution in [-0.2, 0) is 17.4 Å². The number of pyridine rings is 1. The second kappa shape index (κ2) is 10.0. The van der Waals surface area contributed by atoms with Crippen molar-refractivity contribution in [1.29, 1.82) is 0 Å². The van der Waals surface area contributed by atoms with E-state index in [-0.39, 0.29) is 25.7 Å². The van der Waals surface area contributed by atoms with Crippen LogP contribution in [0.3, 0.4) is 0 Å². The van der Waals surface area contributed by atoms with Crippen LogP contribution in [0.15, 0.2) is 17.1 Å². The number of carboxylic acids is 1. The number of likely N-dealkylation sites (tertiary alicyclic amines) is 1. The van der Waals surface area contributed by atoms with Crippen LogP contribution >= 0.6 is 0 Å². The number of aliphatic carboxylic acids is 1. The second-order valence-electron chi connectivity index (χ2n) is 7.55. The molecule has 0 bridgehead atoms. The number of carboxylic acid groups (broad SMARTS) is 1. The summed E-state index contributed by atoms with van der Waals surface area (Å²) in [5.74, 6) is -0.701. The fraction of sp³-hybridized carbons (Fsp3) is 0.684. The lowest BCUT2D eigenvalue weighted by Gasteiger charge is -2.37. The summed E-state index contributed by atoms with van der Waals surface area (Å²) in [6, 6.07) is -0.641. The first kappa shape index (κ1) is 24.1. The lowest BCUT2D eigenvalue weighted by molar-refractivity contribution is -0.141. The minimum Gasteiger partial charge on any atom is -0.480 e. The summed E-state index contributed by atoms with van der Waals surface area (Å²) >= 11 is 0. The van der Waals surface area contributed by atoms with Crippen LogP contribution in [-0.4, -0.2) is 47.4 Å². The first-order chi connectivity index (χ1) is 13.0. The predicted molar refractivity (Wildman–Crippen MR) is 100 cm³/mol. The van der Waals surface area contributed by atoms with E-state index >= 15 is 0 Å². The van der Waals surface area contributed by atoms with Gasteiger partial charge in [-0.05, 0) is 30.2 Å². The van der Waals surface area contributed by atoms with Crippen LogP contribution in [0.5, 0.6) is 0 Å². The molecule has 0 spiro atoms. The Kier molecular flexibility index (Phi) is 8.66. The van der Waals surface area contributed by atoms with Gasteiger partial charge in [-0.3, -0.25) is 9.18 Å². The molecule has 0 aromatic carbocycles. The van der Waals surface area contributed by atoms with E-state index < -0.39 is 29.3 Å². The van der Waals surface area contributed by atoms with Crippen molar-refractivity contribution < 1.29 is 28.9 Å². The number of halogens is 4. The van der Waals surface area contributed by atoms with Gasteiger partial charge < -0.3 is 14.6 Å². The van der Waals surface area contributed by atoms with E-state index in [1.807, 2.05) is 4.90 Å². The molecule has 5 nitrogen and oxygen atoms in total. The summed E-state index contributed by atoms with van der Waals surface area (Å²) < 4.78 is 50.4. The number of carbonyl (C=O) groups is 1. The van der Waals surface area contributed by atoms with Crippen LogP contribution in [0, 0.1) is 11.8 Å². The smallest absolute Gasteiger partial charge is 0.416 e. The van der Waals surface area contributed by atoms with E-state index in [1.165, 1.54) is 0 Å². The maximum atomic E-state index is 13.3. The molecule has 162 valence electrons. The Balaban J connectivity index is 0.00000253. The monoisotopic (exact) mass is 410 g/mol. The Hall–Kier alpha value is -1.90. The number of alkyl halides is 4. The maximum Gasteiger partial charge on any atom is 0.416 e. The van der Waals surface area contributed by atoms with Crippen molar-refractivity contribution >= 4 is 5.97 Å². The van der Waals surface area contributed by atoms with Gasteiger partial charge in [0.2, 0.25) is 0 Å².